The maximum atomic E-state index is 11.3. The number of aliphatic carboxylic acids is 2. The highest BCUT2D eigenvalue weighted by molar-refractivity contribution is 5.95. The normalized spacial score (nSPS) is 13.5. The lowest BCUT2D eigenvalue weighted by Crippen LogP contribution is -2.26. The van der Waals surface area contributed by atoms with Crippen molar-refractivity contribution in [2.24, 2.45) is 5.92 Å². The largest absolute Gasteiger partial charge is 0.481 e. The van der Waals surface area contributed by atoms with Gasteiger partial charge in [-0.25, -0.2) is 4.79 Å². The summed E-state index contributed by atoms with van der Waals surface area (Å²) >= 11 is 0. The van der Waals surface area contributed by atoms with E-state index in [0.29, 0.717) is 6.42 Å². The van der Waals surface area contributed by atoms with Crippen LogP contribution in [0, 0.1) is 5.92 Å². The van der Waals surface area contributed by atoms with Crippen molar-refractivity contribution >= 4 is 17.9 Å². The third kappa shape index (κ3) is 5.14. The summed E-state index contributed by atoms with van der Waals surface area (Å²) in [7, 11) is 0. The van der Waals surface area contributed by atoms with E-state index in [0.717, 1.165) is 0 Å². The lowest BCUT2D eigenvalue weighted by Gasteiger charge is -2.14. The van der Waals surface area contributed by atoms with Crippen molar-refractivity contribution in [3.05, 3.63) is 12.2 Å². The van der Waals surface area contributed by atoms with Crippen LogP contribution in [0.15, 0.2) is 12.2 Å². The van der Waals surface area contributed by atoms with Crippen molar-refractivity contribution in [2.45, 2.75) is 32.8 Å². The van der Waals surface area contributed by atoms with E-state index in [-0.39, 0.29) is 6.10 Å². The lowest BCUT2D eigenvalue weighted by atomic mass is 9.97. The van der Waals surface area contributed by atoms with Crippen LogP contribution in [-0.4, -0.2) is 34.2 Å². The minimum atomic E-state index is -1.45. The Balaban J connectivity index is 4.57. The van der Waals surface area contributed by atoms with E-state index in [2.05, 4.69) is 6.58 Å². The van der Waals surface area contributed by atoms with E-state index in [9.17, 15) is 14.4 Å². The van der Waals surface area contributed by atoms with Gasteiger partial charge in [0.15, 0.2) is 0 Å². The fraction of sp³-hybridized carbons (Fsp3) is 0.545. The summed E-state index contributed by atoms with van der Waals surface area (Å²) in [5, 5.41) is 17.4. The van der Waals surface area contributed by atoms with Gasteiger partial charge in [0, 0.05) is 5.57 Å². The molecule has 0 saturated heterocycles. The van der Waals surface area contributed by atoms with Crippen molar-refractivity contribution in [1.82, 2.24) is 0 Å². The number of carboxylic acid groups (broad SMARTS) is 2. The van der Waals surface area contributed by atoms with E-state index >= 15 is 0 Å². The Kier molecular flexibility index (Phi) is 5.95. The Hall–Kier alpha value is -1.85. The molecule has 2 unspecified atom stereocenters. The quantitative estimate of drug-likeness (QED) is 0.513. The van der Waals surface area contributed by atoms with Crippen LogP contribution in [0.5, 0.6) is 0 Å². The van der Waals surface area contributed by atoms with E-state index < -0.39 is 35.8 Å². The second-order valence-corrected chi connectivity index (χ2v) is 3.63. The van der Waals surface area contributed by atoms with Crippen molar-refractivity contribution in [1.29, 1.82) is 0 Å². The molecule has 0 saturated carbocycles. The molecule has 0 aromatic carbocycles. The number of rotatable bonds is 7. The first kappa shape index (κ1) is 15.2. The van der Waals surface area contributed by atoms with Crippen LogP contribution in [0.1, 0.15) is 26.7 Å². The van der Waals surface area contributed by atoms with Gasteiger partial charge in [0.1, 0.15) is 0 Å². The topological polar surface area (TPSA) is 101 Å². The molecule has 0 aliphatic rings. The molecule has 0 amide bonds. The Morgan fingerprint density at radius 3 is 2.18 bits per heavy atom. The summed E-state index contributed by atoms with van der Waals surface area (Å²) in [6, 6.07) is 0. The molecule has 0 bridgehead atoms. The molecule has 0 aromatic rings. The van der Waals surface area contributed by atoms with Gasteiger partial charge in [-0.3, -0.25) is 9.59 Å². The summed E-state index contributed by atoms with van der Waals surface area (Å²) in [6.45, 7) is 6.61. The van der Waals surface area contributed by atoms with Crippen LogP contribution in [0.25, 0.3) is 0 Å². The molecule has 2 N–H and O–H groups in total. The van der Waals surface area contributed by atoms with Gasteiger partial charge in [-0.15, -0.1) is 0 Å². The molecule has 0 fully saturated rings. The van der Waals surface area contributed by atoms with E-state index in [1.165, 1.54) is 0 Å². The Morgan fingerprint density at radius 1 is 1.29 bits per heavy atom. The van der Waals surface area contributed by atoms with Gasteiger partial charge in [0.05, 0.1) is 18.4 Å². The molecule has 0 heterocycles. The predicted molar refractivity (Wildman–Crippen MR) is 58.4 cm³/mol. The highest BCUT2D eigenvalue weighted by Crippen LogP contribution is 2.16. The zero-order chi connectivity index (χ0) is 13.6. The molecule has 17 heavy (non-hydrogen) atoms. The molecule has 2 atom stereocenters. The highest BCUT2D eigenvalue weighted by Gasteiger charge is 2.29. The second-order valence-electron chi connectivity index (χ2n) is 3.63. The number of hydrogen-bond acceptors (Lipinski definition) is 4. The molecular formula is C11H16O6. The zero-order valence-electron chi connectivity index (χ0n) is 9.80. The second kappa shape index (κ2) is 6.67. The Bertz CT molecular complexity index is 333. The van der Waals surface area contributed by atoms with E-state index in [1.54, 1.807) is 6.92 Å². The van der Waals surface area contributed by atoms with Crippen LogP contribution < -0.4 is 0 Å². The maximum Gasteiger partial charge on any atom is 0.331 e. The van der Waals surface area contributed by atoms with Crippen LogP contribution >= 0.6 is 0 Å². The van der Waals surface area contributed by atoms with Crippen molar-refractivity contribution in [2.75, 3.05) is 0 Å². The first-order valence-corrected chi connectivity index (χ1v) is 5.13. The third-order valence-corrected chi connectivity index (χ3v) is 2.27. The Labute approximate surface area is 98.9 Å². The number of esters is 1. The summed E-state index contributed by atoms with van der Waals surface area (Å²) in [4.78, 5) is 32.7. The molecule has 0 spiro atoms. The minimum Gasteiger partial charge on any atom is -0.481 e. The fourth-order valence-electron chi connectivity index (χ4n) is 1.03. The molecule has 0 aliphatic heterocycles. The number of hydrogen-bond donors (Lipinski definition) is 2. The summed E-state index contributed by atoms with van der Waals surface area (Å²) < 4.78 is 4.87. The zero-order valence-corrected chi connectivity index (χ0v) is 9.80. The average Bonchev–Trinajstić information content (AvgIpc) is 2.24. The summed E-state index contributed by atoms with van der Waals surface area (Å²) in [6.07, 6.45) is -0.246. The van der Waals surface area contributed by atoms with Crippen molar-refractivity contribution in [3.63, 3.8) is 0 Å². The third-order valence-electron chi connectivity index (χ3n) is 2.27. The molecular weight excluding hydrogens is 228 g/mol. The van der Waals surface area contributed by atoms with Crippen LogP contribution in [0.4, 0.5) is 0 Å². The van der Waals surface area contributed by atoms with Gasteiger partial charge in [-0.1, -0.05) is 13.5 Å². The highest BCUT2D eigenvalue weighted by atomic mass is 16.5. The SMILES string of the molecule is C=C(C(=O)O)C(CC(=O)OC(C)CC)C(=O)O. The first-order valence-electron chi connectivity index (χ1n) is 5.13. The van der Waals surface area contributed by atoms with E-state index in [4.69, 9.17) is 14.9 Å². The molecule has 0 radical (unpaired) electrons. The summed E-state index contributed by atoms with van der Waals surface area (Å²) in [5.41, 5.74) is -0.529. The first-order chi connectivity index (χ1) is 7.79. The fourth-order valence-corrected chi connectivity index (χ4v) is 1.03. The van der Waals surface area contributed by atoms with Gasteiger partial charge < -0.3 is 14.9 Å². The standard InChI is InChI=1S/C11H16O6/c1-4-6(2)17-9(12)5-8(11(15)16)7(3)10(13)14/h6,8H,3-5H2,1-2H3,(H,13,14)(H,15,16). The lowest BCUT2D eigenvalue weighted by molar-refractivity contribution is -0.154. The molecule has 0 rings (SSSR count). The van der Waals surface area contributed by atoms with Crippen LogP contribution in [0.2, 0.25) is 0 Å². The minimum absolute atomic E-state index is 0.324. The smallest absolute Gasteiger partial charge is 0.331 e. The average molecular weight is 244 g/mol. The number of carbonyl (C=O) groups is 3. The van der Waals surface area contributed by atoms with Crippen molar-refractivity contribution < 1.29 is 29.3 Å². The van der Waals surface area contributed by atoms with Gasteiger partial charge in [0.25, 0.3) is 0 Å². The van der Waals surface area contributed by atoms with Crippen LogP contribution in [-0.2, 0) is 19.1 Å². The van der Waals surface area contributed by atoms with E-state index in [1.807, 2.05) is 6.92 Å². The summed E-state index contributed by atoms with van der Waals surface area (Å²) in [5.74, 6) is -5.04. The van der Waals surface area contributed by atoms with Crippen LogP contribution in [0.3, 0.4) is 0 Å². The van der Waals surface area contributed by atoms with Gasteiger partial charge in [-0.2, -0.15) is 0 Å². The maximum absolute atomic E-state index is 11.3. The Morgan fingerprint density at radius 2 is 1.82 bits per heavy atom. The van der Waals surface area contributed by atoms with Gasteiger partial charge >= 0.3 is 17.9 Å². The molecule has 96 valence electrons. The monoisotopic (exact) mass is 244 g/mol. The molecule has 0 aliphatic carbocycles. The molecule has 6 nitrogen and oxygen atoms in total. The van der Waals surface area contributed by atoms with Gasteiger partial charge in [0.2, 0.25) is 0 Å². The predicted octanol–water partition coefficient (Wildman–Crippen LogP) is 1.06. The van der Waals surface area contributed by atoms with Gasteiger partial charge in [-0.05, 0) is 13.3 Å². The number of ether oxygens (including phenoxy) is 1. The van der Waals surface area contributed by atoms with Crippen molar-refractivity contribution in [3.8, 4) is 0 Å². The number of carboxylic acids is 2. The molecule has 0 aromatic heterocycles. The number of carbonyl (C=O) groups excluding carboxylic acids is 1. The molecule has 6 heteroatoms.